The summed E-state index contributed by atoms with van der Waals surface area (Å²) in [5, 5.41) is 20.3. The van der Waals surface area contributed by atoms with E-state index in [9.17, 15) is 9.90 Å². The molecule has 0 saturated heterocycles. The summed E-state index contributed by atoms with van der Waals surface area (Å²) in [6, 6.07) is 5.72. The van der Waals surface area contributed by atoms with Gasteiger partial charge in [-0.1, -0.05) is 41.8 Å². The van der Waals surface area contributed by atoms with Crippen LogP contribution in [0.4, 0.5) is 0 Å². The van der Waals surface area contributed by atoms with Gasteiger partial charge in [0, 0.05) is 6.42 Å². The summed E-state index contributed by atoms with van der Waals surface area (Å²) in [4.78, 5) is 13.2. The molecule has 1 atom stereocenters. The lowest BCUT2D eigenvalue weighted by Gasteiger charge is -2.41. The number of nitrogens with zero attached hydrogens (tertiary/aromatic N) is 2. The summed E-state index contributed by atoms with van der Waals surface area (Å²) in [5.74, 6) is 0.492. The molecule has 1 aliphatic heterocycles. The molecule has 1 fully saturated rings. The molecule has 1 saturated carbocycles. The molecule has 0 radical (unpaired) electrons. The van der Waals surface area contributed by atoms with Crippen LogP contribution in [0, 0.1) is 12.8 Å². The zero-order valence-corrected chi connectivity index (χ0v) is 19.9. The van der Waals surface area contributed by atoms with E-state index in [4.69, 9.17) is 21.1 Å². The third-order valence-electron chi connectivity index (χ3n) is 6.06. The number of carbonyl (C=O) groups is 1. The second kappa shape index (κ2) is 9.38. The van der Waals surface area contributed by atoms with Crippen molar-refractivity contribution in [3.05, 3.63) is 44.5 Å². The van der Waals surface area contributed by atoms with Crippen molar-refractivity contribution in [2.75, 3.05) is 7.11 Å². The van der Waals surface area contributed by atoms with Crippen molar-refractivity contribution < 1.29 is 19.4 Å². The predicted molar refractivity (Wildman–Crippen MR) is 122 cm³/mol. The van der Waals surface area contributed by atoms with Gasteiger partial charge in [-0.2, -0.15) is 0 Å². The van der Waals surface area contributed by atoms with Gasteiger partial charge in [-0.25, -0.2) is 4.79 Å². The van der Waals surface area contributed by atoms with Crippen LogP contribution >= 0.6 is 34.7 Å². The summed E-state index contributed by atoms with van der Waals surface area (Å²) in [6.45, 7) is 1.85. The molecule has 9 heteroatoms. The maximum atomic E-state index is 13.0. The molecule has 4 rings (SSSR count). The number of hydrogen-bond donors (Lipinski definition) is 1. The topological polar surface area (TPSA) is 81.5 Å². The minimum atomic E-state index is -0.703. The minimum absolute atomic E-state index is 0.0915. The van der Waals surface area contributed by atoms with Gasteiger partial charge >= 0.3 is 5.97 Å². The number of thioether (sulfide) groups is 1. The monoisotopic (exact) mass is 480 g/mol. The number of cyclic esters (lactones) is 1. The lowest BCUT2D eigenvalue weighted by molar-refractivity contribution is -0.166. The molecule has 1 aliphatic carbocycles. The van der Waals surface area contributed by atoms with Crippen molar-refractivity contribution in [1.29, 1.82) is 0 Å². The first kappa shape index (κ1) is 22.4. The predicted octanol–water partition coefficient (Wildman–Crippen LogP) is 5.88. The maximum Gasteiger partial charge on any atom is 0.349 e. The Kier molecular flexibility index (Phi) is 6.79. The fourth-order valence-electron chi connectivity index (χ4n) is 4.50. The van der Waals surface area contributed by atoms with Crippen molar-refractivity contribution >= 4 is 40.7 Å². The van der Waals surface area contributed by atoms with Gasteiger partial charge in [0.2, 0.25) is 0 Å². The van der Waals surface area contributed by atoms with Crippen LogP contribution in [-0.2, 0) is 16.0 Å². The minimum Gasteiger partial charge on any atom is -0.511 e. The number of aliphatic hydroxyl groups is 1. The van der Waals surface area contributed by atoms with Gasteiger partial charge in [0.1, 0.15) is 27.0 Å². The SMILES string of the molecule is COc1ccc(CCC2(C3CCCC3)CC(O)=C(Sc3nnc(C)s3)C(=O)O2)cc1Cl. The summed E-state index contributed by atoms with van der Waals surface area (Å²) in [7, 11) is 1.59. The first-order chi connectivity index (χ1) is 14.9. The number of aryl methyl sites for hydroxylation is 2. The lowest BCUT2D eigenvalue weighted by atomic mass is 9.77. The van der Waals surface area contributed by atoms with Crippen LogP contribution < -0.4 is 4.74 Å². The van der Waals surface area contributed by atoms with Gasteiger partial charge in [0.05, 0.1) is 12.1 Å². The Morgan fingerprint density at radius 2 is 2.13 bits per heavy atom. The molecular weight excluding hydrogens is 456 g/mol. The fourth-order valence-corrected chi connectivity index (χ4v) is 6.55. The van der Waals surface area contributed by atoms with Crippen molar-refractivity contribution in [3.8, 4) is 5.75 Å². The highest BCUT2D eigenvalue weighted by molar-refractivity contribution is 8.05. The molecule has 2 heterocycles. The Balaban J connectivity index is 1.56. The zero-order chi connectivity index (χ0) is 22.0. The van der Waals surface area contributed by atoms with Gasteiger partial charge in [0.25, 0.3) is 0 Å². The van der Waals surface area contributed by atoms with E-state index < -0.39 is 11.6 Å². The van der Waals surface area contributed by atoms with Crippen LogP contribution in [0.15, 0.2) is 33.2 Å². The van der Waals surface area contributed by atoms with E-state index in [1.807, 2.05) is 25.1 Å². The third kappa shape index (κ3) is 4.86. The van der Waals surface area contributed by atoms with Crippen LogP contribution in [0.25, 0.3) is 0 Å². The zero-order valence-electron chi connectivity index (χ0n) is 17.5. The number of hydrogen-bond acceptors (Lipinski definition) is 8. The Hall–Kier alpha value is -1.77. The molecule has 0 spiro atoms. The molecule has 2 aliphatic rings. The van der Waals surface area contributed by atoms with Crippen LogP contribution in [0.1, 0.15) is 49.1 Å². The first-order valence-electron chi connectivity index (χ1n) is 10.4. The van der Waals surface area contributed by atoms with Gasteiger partial charge in [-0.05, 0) is 68.0 Å². The summed E-state index contributed by atoms with van der Waals surface area (Å²) >= 11 is 8.81. The molecule has 166 valence electrons. The van der Waals surface area contributed by atoms with Crippen molar-refractivity contribution in [1.82, 2.24) is 10.2 Å². The number of aliphatic hydroxyl groups excluding tert-OH is 1. The average Bonchev–Trinajstić information content (AvgIpc) is 3.42. The van der Waals surface area contributed by atoms with Crippen molar-refractivity contribution in [2.24, 2.45) is 5.92 Å². The van der Waals surface area contributed by atoms with Crippen molar-refractivity contribution in [2.45, 2.75) is 61.8 Å². The van der Waals surface area contributed by atoms with Gasteiger partial charge in [-0.3, -0.25) is 0 Å². The normalized spacial score (nSPS) is 22.1. The fraction of sp³-hybridized carbons (Fsp3) is 0.500. The summed E-state index contributed by atoms with van der Waals surface area (Å²) in [6.07, 6.45) is 5.89. The highest BCUT2D eigenvalue weighted by atomic mass is 35.5. The number of esters is 1. The second-order valence-electron chi connectivity index (χ2n) is 8.05. The van der Waals surface area contributed by atoms with E-state index in [2.05, 4.69) is 10.2 Å². The van der Waals surface area contributed by atoms with Gasteiger partial charge in [0.15, 0.2) is 4.34 Å². The van der Waals surface area contributed by atoms with Gasteiger partial charge in [-0.15, -0.1) is 10.2 Å². The molecule has 31 heavy (non-hydrogen) atoms. The molecule has 1 N–H and O–H groups in total. The Morgan fingerprint density at radius 3 is 2.74 bits per heavy atom. The van der Waals surface area contributed by atoms with Crippen LogP contribution in [0.5, 0.6) is 5.75 Å². The standard InChI is InChI=1S/C22H25ClN2O4S2/c1-13-24-25-21(30-13)31-19-17(26)12-22(29-20(19)27,15-5-3-4-6-15)10-9-14-7-8-18(28-2)16(23)11-14/h7-8,11,15,26H,3-6,9-10,12H2,1-2H3. The maximum absolute atomic E-state index is 13.0. The summed E-state index contributed by atoms with van der Waals surface area (Å²) in [5.41, 5.74) is 0.345. The van der Waals surface area contributed by atoms with Crippen LogP contribution in [-0.4, -0.2) is 34.0 Å². The van der Waals surface area contributed by atoms with Crippen LogP contribution in [0.2, 0.25) is 5.02 Å². The van der Waals surface area contributed by atoms with Crippen molar-refractivity contribution in [3.63, 3.8) is 0 Å². The van der Waals surface area contributed by atoms with Gasteiger partial charge < -0.3 is 14.6 Å². The van der Waals surface area contributed by atoms with E-state index in [0.29, 0.717) is 34.4 Å². The average molecular weight is 481 g/mol. The van der Waals surface area contributed by atoms with Crippen LogP contribution in [0.3, 0.4) is 0 Å². The Bertz CT molecular complexity index is 1000. The van der Waals surface area contributed by atoms with E-state index in [1.54, 1.807) is 7.11 Å². The number of carbonyl (C=O) groups excluding carboxylic acids is 1. The number of halogens is 1. The molecule has 1 aromatic carbocycles. The van der Waals surface area contributed by atoms with E-state index in [0.717, 1.165) is 48.0 Å². The molecule has 1 aromatic heterocycles. The number of rotatable bonds is 7. The second-order valence-corrected chi connectivity index (χ2v) is 10.9. The molecule has 6 nitrogen and oxygen atoms in total. The Morgan fingerprint density at radius 1 is 1.35 bits per heavy atom. The Labute approximate surface area is 195 Å². The molecule has 1 unspecified atom stereocenters. The molecular formula is C22H25ClN2O4S2. The largest absolute Gasteiger partial charge is 0.511 e. The lowest BCUT2D eigenvalue weighted by Crippen LogP contribution is -2.45. The van der Waals surface area contributed by atoms with E-state index >= 15 is 0 Å². The third-order valence-corrected chi connectivity index (χ3v) is 8.35. The molecule has 2 aromatic rings. The number of methoxy groups -OCH3 is 1. The molecule has 0 bridgehead atoms. The quantitative estimate of drug-likeness (QED) is 0.495. The number of benzene rings is 1. The van der Waals surface area contributed by atoms with E-state index in [-0.39, 0.29) is 16.6 Å². The summed E-state index contributed by atoms with van der Waals surface area (Å²) < 4.78 is 12.0. The highest BCUT2D eigenvalue weighted by Crippen LogP contribution is 2.48. The first-order valence-corrected chi connectivity index (χ1v) is 12.4. The number of aromatic nitrogens is 2. The number of ether oxygens (including phenoxy) is 2. The smallest absolute Gasteiger partial charge is 0.349 e. The highest BCUT2D eigenvalue weighted by Gasteiger charge is 2.48. The molecule has 0 amide bonds. The van der Waals surface area contributed by atoms with E-state index in [1.165, 1.54) is 11.3 Å².